The van der Waals surface area contributed by atoms with Crippen LogP contribution in [0.4, 0.5) is 0 Å². The molecule has 0 spiro atoms. The van der Waals surface area contributed by atoms with Crippen molar-refractivity contribution in [3.05, 3.63) is 0 Å². The van der Waals surface area contributed by atoms with Crippen LogP contribution < -0.4 is 24.8 Å². The Morgan fingerprint density at radius 3 is 0.857 bits per heavy atom. The van der Waals surface area contributed by atoms with E-state index in [1.54, 1.807) is 0 Å². The largest absolute Gasteiger partial charge is 2.00 e. The van der Waals surface area contributed by atoms with Crippen LogP contribution in [0.3, 0.4) is 0 Å². The zero-order chi connectivity index (χ0) is 3.58. The van der Waals surface area contributed by atoms with Crippen LogP contribution in [0.5, 0.6) is 0 Å². The maximum absolute atomic E-state index is 4.87. The normalized spacial score (nSPS) is 5.14. The quantitative estimate of drug-likeness (QED) is 0.325. The topological polar surface area (TPSA) is 0 Å². The third-order valence-electron chi connectivity index (χ3n) is 0. The average Bonchev–Trinajstić information content (AvgIpc) is 0.811. The summed E-state index contributed by atoms with van der Waals surface area (Å²) in [5, 5.41) is 0. The van der Waals surface area contributed by atoms with Gasteiger partial charge in [-0.25, -0.2) is 0 Å². The smallest absolute Gasteiger partial charge is 1.00 e. The molecule has 0 heterocycles. The summed E-state index contributed by atoms with van der Waals surface area (Å²) in [5.74, 6) is -1.20. The van der Waals surface area contributed by atoms with Crippen LogP contribution in [0.2, 0.25) is 0 Å². The number of hydrogen-bond donors (Lipinski definition) is 0. The summed E-state index contributed by atoms with van der Waals surface area (Å²) in [6, 6.07) is 0. The molecule has 0 nitrogen and oxygen atoms in total. The molecule has 0 rings (SSSR count). The number of hydrogen-bond acceptors (Lipinski definition) is 0. The van der Waals surface area contributed by atoms with Gasteiger partial charge >= 0.3 is 19.5 Å². The van der Waals surface area contributed by atoms with E-state index in [0.717, 1.165) is 0 Å². The molecule has 0 aromatic rings. The van der Waals surface area contributed by atoms with Gasteiger partial charge in [-0.3, -0.25) is 0 Å². The Balaban J connectivity index is -0.0000000150. The SMILES string of the molecule is ClP(Cl)Cl.[Cl-].[Cl-].[Zn+2]. The van der Waals surface area contributed by atoms with Crippen LogP contribution in [0.15, 0.2) is 0 Å². The first-order valence-corrected chi connectivity index (χ1v) is 4.56. The van der Waals surface area contributed by atoms with E-state index in [4.69, 9.17) is 33.7 Å². The van der Waals surface area contributed by atoms with Crippen LogP contribution in [-0.4, -0.2) is 0 Å². The van der Waals surface area contributed by atoms with Gasteiger partial charge in [-0.05, 0) is 0 Å². The molecule has 0 radical (unpaired) electrons. The average molecular weight is 274 g/mol. The first kappa shape index (κ1) is 22.7. The fraction of sp³-hybridized carbons (Fsp3) is 0. The van der Waals surface area contributed by atoms with Crippen LogP contribution in [-0.2, 0) is 19.5 Å². The van der Waals surface area contributed by atoms with E-state index in [2.05, 4.69) is 0 Å². The second-order valence-electron chi connectivity index (χ2n) is 0.192. The molecule has 7 heavy (non-hydrogen) atoms. The molecule has 0 fully saturated rings. The van der Waals surface area contributed by atoms with Crippen molar-refractivity contribution in [2.45, 2.75) is 0 Å². The summed E-state index contributed by atoms with van der Waals surface area (Å²) in [6.45, 7) is 0. The standard InChI is InChI=1S/Cl3P.2ClH.Zn/c1-4(2)3;;;/h;2*1H;/q;;;+2/p-2. The second-order valence-corrected chi connectivity index (χ2v) is 5.17. The summed E-state index contributed by atoms with van der Waals surface area (Å²) in [5.41, 5.74) is 0. The molecule has 0 saturated heterocycles. The summed E-state index contributed by atoms with van der Waals surface area (Å²) in [6.07, 6.45) is 0. The van der Waals surface area contributed by atoms with Crippen molar-refractivity contribution >= 4 is 39.7 Å². The Kier molecular flexibility index (Phi) is 51.2. The van der Waals surface area contributed by atoms with E-state index >= 15 is 0 Å². The summed E-state index contributed by atoms with van der Waals surface area (Å²) in [4.78, 5) is 0. The molecular weight excluding hydrogens is 274 g/mol. The van der Waals surface area contributed by atoms with Crippen molar-refractivity contribution in [3.63, 3.8) is 0 Å². The minimum atomic E-state index is -1.20. The van der Waals surface area contributed by atoms with Gasteiger partial charge < -0.3 is 24.8 Å². The van der Waals surface area contributed by atoms with Gasteiger partial charge in [0.2, 0.25) is 0 Å². The van der Waals surface area contributed by atoms with Gasteiger partial charge in [0, 0.05) is 0 Å². The van der Waals surface area contributed by atoms with Crippen molar-refractivity contribution in [2.24, 2.45) is 0 Å². The van der Waals surface area contributed by atoms with Crippen molar-refractivity contribution in [2.75, 3.05) is 0 Å². The molecule has 0 aliphatic rings. The Hall–Kier alpha value is 2.50. The molecule has 7 heteroatoms. The van der Waals surface area contributed by atoms with E-state index in [9.17, 15) is 0 Å². The van der Waals surface area contributed by atoms with Gasteiger partial charge in [0.1, 0.15) is 0 Å². The zero-order valence-corrected chi connectivity index (χ0v) is 10.7. The minimum Gasteiger partial charge on any atom is -1.00 e. The fourth-order valence-corrected chi connectivity index (χ4v) is 0. The van der Waals surface area contributed by atoms with Crippen LogP contribution in [0.1, 0.15) is 0 Å². The summed E-state index contributed by atoms with van der Waals surface area (Å²) >= 11 is 14.6. The number of halogens is 5. The predicted octanol–water partition coefficient (Wildman–Crippen LogP) is -3.06. The molecule has 42 valence electrons. The minimum absolute atomic E-state index is 0. The fourth-order valence-electron chi connectivity index (χ4n) is 0. The molecule has 0 amide bonds. The van der Waals surface area contributed by atoms with Gasteiger partial charge in [0.05, 0.1) is 0 Å². The summed E-state index contributed by atoms with van der Waals surface area (Å²) in [7, 11) is 0. The summed E-state index contributed by atoms with van der Waals surface area (Å²) < 4.78 is 0. The molecule has 0 aliphatic heterocycles. The van der Waals surface area contributed by atoms with Crippen LogP contribution in [0.25, 0.3) is 0 Å². The van der Waals surface area contributed by atoms with Crippen molar-refractivity contribution in [3.8, 4) is 0 Å². The van der Waals surface area contributed by atoms with E-state index in [0.29, 0.717) is 0 Å². The Labute approximate surface area is 83.4 Å². The molecule has 0 atom stereocenters. The molecule has 0 aliphatic carbocycles. The van der Waals surface area contributed by atoms with Crippen LogP contribution in [0, 0.1) is 0 Å². The van der Waals surface area contributed by atoms with Gasteiger partial charge in [-0.2, -0.15) is 0 Å². The van der Waals surface area contributed by atoms with Gasteiger partial charge in [0.25, 0.3) is 0 Å². The third kappa shape index (κ3) is 57.4. The van der Waals surface area contributed by atoms with Crippen molar-refractivity contribution in [1.82, 2.24) is 0 Å². The van der Waals surface area contributed by atoms with Crippen molar-refractivity contribution < 1.29 is 44.3 Å². The van der Waals surface area contributed by atoms with E-state index < -0.39 is 5.98 Å². The third-order valence-corrected chi connectivity index (χ3v) is 0. The van der Waals surface area contributed by atoms with E-state index in [-0.39, 0.29) is 44.3 Å². The molecule has 0 saturated carbocycles. The molecule has 0 aromatic carbocycles. The van der Waals surface area contributed by atoms with Gasteiger partial charge in [0.15, 0.2) is 5.98 Å². The first-order valence-electron chi connectivity index (χ1n) is 0.507. The van der Waals surface area contributed by atoms with Gasteiger partial charge in [-0.15, -0.1) is 0 Å². The first-order chi connectivity index (χ1) is 1.73. The molecule has 0 unspecified atom stereocenters. The maximum atomic E-state index is 4.87. The molecular formula is Cl5PZn. The van der Waals surface area contributed by atoms with Crippen molar-refractivity contribution in [1.29, 1.82) is 0 Å². The predicted molar refractivity (Wildman–Crippen MR) is 24.5 cm³/mol. The molecule has 0 aromatic heterocycles. The van der Waals surface area contributed by atoms with E-state index in [1.165, 1.54) is 0 Å². The second kappa shape index (κ2) is 15.8. The monoisotopic (exact) mass is 270 g/mol. The van der Waals surface area contributed by atoms with E-state index in [1.807, 2.05) is 0 Å². The maximum Gasteiger partial charge on any atom is 2.00 e. The molecule has 0 bridgehead atoms. The van der Waals surface area contributed by atoms with Gasteiger partial charge in [-0.1, -0.05) is 33.7 Å². The Morgan fingerprint density at radius 1 is 0.857 bits per heavy atom. The van der Waals surface area contributed by atoms with Crippen LogP contribution >= 0.6 is 39.7 Å². The molecule has 0 N–H and O–H groups in total. The number of rotatable bonds is 0. The zero-order valence-electron chi connectivity index (χ0n) is 3.04. The Morgan fingerprint density at radius 2 is 0.857 bits per heavy atom. The Bertz CT molecular complexity index is 12.8.